The quantitative estimate of drug-likeness (QED) is 0.562. The van der Waals surface area contributed by atoms with Crippen LogP contribution in [-0.2, 0) is 6.54 Å². The fourth-order valence-corrected chi connectivity index (χ4v) is 3.84. The topological polar surface area (TPSA) is 59.7 Å². The Bertz CT molecular complexity index is 1060. The van der Waals surface area contributed by atoms with Crippen molar-refractivity contribution in [1.29, 1.82) is 0 Å². The van der Waals surface area contributed by atoms with E-state index in [9.17, 15) is 0 Å². The molecule has 1 aromatic carbocycles. The first-order valence-corrected chi connectivity index (χ1v) is 9.87. The van der Waals surface area contributed by atoms with E-state index in [4.69, 9.17) is 0 Å². The average Bonchev–Trinajstić information content (AvgIpc) is 3.41. The van der Waals surface area contributed by atoms with Gasteiger partial charge in [-0.3, -0.25) is 14.3 Å². The number of nitrogens with one attached hydrogen (secondary N) is 2. The Morgan fingerprint density at radius 1 is 1.04 bits per heavy atom. The molecule has 0 aliphatic carbocycles. The number of pyridine rings is 1. The molecule has 2 N–H and O–H groups in total. The van der Waals surface area contributed by atoms with Crippen molar-refractivity contribution >= 4 is 11.0 Å². The van der Waals surface area contributed by atoms with Crippen LogP contribution in [0.3, 0.4) is 0 Å². The second-order valence-corrected chi connectivity index (χ2v) is 7.32. The van der Waals surface area contributed by atoms with Gasteiger partial charge in [-0.15, -0.1) is 0 Å². The average molecular weight is 372 g/mol. The van der Waals surface area contributed by atoms with Crippen LogP contribution in [-0.4, -0.2) is 32.5 Å². The van der Waals surface area contributed by atoms with E-state index in [0.29, 0.717) is 6.04 Å². The van der Waals surface area contributed by atoms with Crippen molar-refractivity contribution in [2.24, 2.45) is 0 Å². The van der Waals surface area contributed by atoms with Gasteiger partial charge < -0.3 is 10.7 Å². The van der Waals surface area contributed by atoms with Gasteiger partial charge in [0.1, 0.15) is 0 Å². The Labute approximate surface area is 164 Å². The number of rotatable bonds is 5. The van der Waals surface area contributed by atoms with Gasteiger partial charge in [-0.05, 0) is 43.6 Å². The number of piperidine rings is 1. The van der Waals surface area contributed by atoms with E-state index >= 15 is 0 Å². The molecular formula is C22H24N6. The van der Waals surface area contributed by atoms with E-state index in [1.165, 1.54) is 5.56 Å². The highest BCUT2D eigenvalue weighted by molar-refractivity contribution is 5.81. The normalized spacial score (nSPS) is 15.1. The molecule has 3 aromatic heterocycles. The molecule has 1 saturated heterocycles. The molecule has 1 fully saturated rings. The lowest BCUT2D eigenvalue weighted by atomic mass is 10.1. The molecule has 28 heavy (non-hydrogen) atoms. The highest BCUT2D eigenvalue weighted by Gasteiger charge is 2.16. The third kappa shape index (κ3) is 3.39. The van der Waals surface area contributed by atoms with E-state index in [2.05, 4.69) is 66.7 Å². The summed E-state index contributed by atoms with van der Waals surface area (Å²) in [6.07, 6.45) is 10.3. The molecule has 4 aromatic rings. The predicted molar refractivity (Wildman–Crippen MR) is 112 cm³/mol. The SMILES string of the molecule is c1ccc(CNn2ccc3ncc(-c4cnn(C5CCNCC5)c4)cc32)cc1. The Morgan fingerprint density at radius 2 is 1.89 bits per heavy atom. The minimum Gasteiger partial charge on any atom is -0.321 e. The summed E-state index contributed by atoms with van der Waals surface area (Å²) in [4.78, 5) is 4.65. The molecule has 1 aliphatic heterocycles. The standard InChI is InChI=1S/C22H24N6/c1-2-4-17(5-3-1)13-25-27-11-8-21-22(27)12-18(14-24-21)19-15-26-28(16-19)20-6-9-23-10-7-20/h1-5,8,11-12,14-16,20,23,25H,6-7,9-10,13H2. The summed E-state index contributed by atoms with van der Waals surface area (Å²) >= 11 is 0. The zero-order valence-corrected chi connectivity index (χ0v) is 15.8. The molecule has 0 atom stereocenters. The number of hydrogen-bond donors (Lipinski definition) is 2. The predicted octanol–water partition coefficient (Wildman–Crippen LogP) is 3.57. The van der Waals surface area contributed by atoms with Gasteiger partial charge in [-0.1, -0.05) is 30.3 Å². The molecule has 0 amide bonds. The first-order valence-electron chi connectivity index (χ1n) is 9.87. The smallest absolute Gasteiger partial charge is 0.0901 e. The first-order chi connectivity index (χ1) is 13.9. The maximum Gasteiger partial charge on any atom is 0.0901 e. The van der Waals surface area contributed by atoms with E-state index in [0.717, 1.165) is 54.6 Å². The summed E-state index contributed by atoms with van der Waals surface area (Å²) in [7, 11) is 0. The highest BCUT2D eigenvalue weighted by Crippen LogP contribution is 2.25. The minimum absolute atomic E-state index is 0.489. The summed E-state index contributed by atoms with van der Waals surface area (Å²) in [5.41, 5.74) is 8.98. The monoisotopic (exact) mass is 372 g/mol. The molecule has 142 valence electrons. The maximum atomic E-state index is 4.65. The number of hydrogen-bond acceptors (Lipinski definition) is 4. The lowest BCUT2D eigenvalue weighted by Crippen LogP contribution is -2.29. The van der Waals surface area contributed by atoms with Crippen LogP contribution in [0.4, 0.5) is 0 Å². The fraction of sp³-hybridized carbons (Fsp3) is 0.273. The Morgan fingerprint density at radius 3 is 2.75 bits per heavy atom. The van der Waals surface area contributed by atoms with E-state index in [1.807, 2.05) is 30.7 Å². The summed E-state index contributed by atoms with van der Waals surface area (Å²) in [5.74, 6) is 0. The molecule has 6 heteroatoms. The molecule has 0 bridgehead atoms. The molecule has 0 radical (unpaired) electrons. The van der Waals surface area contributed by atoms with Gasteiger partial charge in [-0.25, -0.2) is 0 Å². The van der Waals surface area contributed by atoms with Gasteiger partial charge in [-0.2, -0.15) is 5.10 Å². The molecule has 0 saturated carbocycles. The van der Waals surface area contributed by atoms with Gasteiger partial charge in [0.05, 0.1) is 29.8 Å². The summed E-state index contributed by atoms with van der Waals surface area (Å²) in [5, 5.41) is 8.03. The van der Waals surface area contributed by atoms with Crippen molar-refractivity contribution in [3.8, 4) is 11.1 Å². The number of nitrogens with zero attached hydrogens (tertiary/aromatic N) is 4. The molecule has 1 aliphatic rings. The largest absolute Gasteiger partial charge is 0.321 e. The Hall–Kier alpha value is -3.12. The molecular weight excluding hydrogens is 348 g/mol. The molecule has 5 rings (SSSR count). The van der Waals surface area contributed by atoms with Crippen LogP contribution in [0.15, 0.2) is 67.3 Å². The van der Waals surface area contributed by atoms with Gasteiger partial charge in [0.15, 0.2) is 0 Å². The van der Waals surface area contributed by atoms with Crippen molar-refractivity contribution in [1.82, 2.24) is 24.8 Å². The van der Waals surface area contributed by atoms with E-state index in [-0.39, 0.29) is 0 Å². The van der Waals surface area contributed by atoms with E-state index < -0.39 is 0 Å². The van der Waals surface area contributed by atoms with Crippen molar-refractivity contribution in [3.63, 3.8) is 0 Å². The third-order valence-electron chi connectivity index (χ3n) is 5.45. The maximum absolute atomic E-state index is 4.65. The van der Waals surface area contributed by atoms with Gasteiger partial charge >= 0.3 is 0 Å². The van der Waals surface area contributed by atoms with Crippen LogP contribution in [0, 0.1) is 0 Å². The van der Waals surface area contributed by atoms with Crippen molar-refractivity contribution in [2.75, 3.05) is 18.5 Å². The zero-order valence-electron chi connectivity index (χ0n) is 15.8. The molecule has 6 nitrogen and oxygen atoms in total. The van der Waals surface area contributed by atoms with Gasteiger partial charge in [0.25, 0.3) is 0 Å². The lowest BCUT2D eigenvalue weighted by molar-refractivity contribution is 0.343. The van der Waals surface area contributed by atoms with Crippen molar-refractivity contribution in [3.05, 3.63) is 72.8 Å². The number of fused-ring (bicyclic) bond motifs is 1. The summed E-state index contributed by atoms with van der Waals surface area (Å²) in [6.45, 7) is 2.89. The van der Waals surface area contributed by atoms with Gasteiger partial charge in [0.2, 0.25) is 0 Å². The van der Waals surface area contributed by atoms with Crippen molar-refractivity contribution in [2.45, 2.75) is 25.4 Å². The third-order valence-corrected chi connectivity index (χ3v) is 5.45. The first kappa shape index (κ1) is 17.0. The Balaban J connectivity index is 1.39. The van der Waals surface area contributed by atoms with Crippen molar-refractivity contribution < 1.29 is 0 Å². The van der Waals surface area contributed by atoms with E-state index in [1.54, 1.807) is 0 Å². The van der Waals surface area contributed by atoms with Crippen LogP contribution in [0.2, 0.25) is 0 Å². The van der Waals surface area contributed by atoms with Crippen LogP contribution >= 0.6 is 0 Å². The molecule has 0 spiro atoms. The van der Waals surface area contributed by atoms with Crippen LogP contribution in [0.5, 0.6) is 0 Å². The molecule has 0 unspecified atom stereocenters. The van der Waals surface area contributed by atoms with Crippen LogP contribution in [0.25, 0.3) is 22.2 Å². The lowest BCUT2D eigenvalue weighted by Gasteiger charge is -2.22. The van der Waals surface area contributed by atoms with Crippen LogP contribution < -0.4 is 10.7 Å². The number of benzene rings is 1. The minimum atomic E-state index is 0.489. The number of aromatic nitrogens is 4. The van der Waals surface area contributed by atoms with Crippen LogP contribution in [0.1, 0.15) is 24.4 Å². The molecule has 4 heterocycles. The van der Waals surface area contributed by atoms with Gasteiger partial charge in [0, 0.05) is 29.7 Å². The zero-order chi connectivity index (χ0) is 18.8. The summed E-state index contributed by atoms with van der Waals surface area (Å²) in [6, 6.07) is 15.1. The summed E-state index contributed by atoms with van der Waals surface area (Å²) < 4.78 is 4.17. The fourth-order valence-electron chi connectivity index (χ4n) is 3.84. The second kappa shape index (κ2) is 7.48. The second-order valence-electron chi connectivity index (χ2n) is 7.32. The highest BCUT2D eigenvalue weighted by atomic mass is 15.4. The Kier molecular flexibility index (Phi) is 4.54.